The monoisotopic (exact) mass is 304 g/mol. The predicted molar refractivity (Wildman–Crippen MR) is 78.7 cm³/mol. The average Bonchev–Trinajstić information content (AvgIpc) is 2.30. The maximum Gasteiger partial charge on any atom is 0.0178 e. The second-order valence-corrected chi connectivity index (χ2v) is 8.07. The fourth-order valence-electron chi connectivity index (χ4n) is 5.61. The molecule has 0 amide bonds. The van der Waals surface area contributed by atoms with E-state index in [4.69, 9.17) is 0 Å². The van der Waals surface area contributed by atoms with Crippen molar-refractivity contribution in [2.45, 2.75) is 50.9 Å². The van der Waals surface area contributed by atoms with E-state index in [2.05, 4.69) is 41.1 Å². The minimum Gasteiger partial charge on any atom is -0.0579 e. The summed E-state index contributed by atoms with van der Waals surface area (Å²) in [5, 5.41) is 0. The van der Waals surface area contributed by atoms with Gasteiger partial charge in [-0.25, -0.2) is 0 Å². The summed E-state index contributed by atoms with van der Waals surface area (Å²) in [6, 6.07) is 6.92. The maximum atomic E-state index is 3.68. The standard InChI is InChI=1S/C17H21Br/c1-11-2-3-15(18)7-16(11)17-8-12-4-13(9-17)6-14(5-12)10-17/h2-3,7,12-14H,4-6,8-10H2,1H3. The van der Waals surface area contributed by atoms with E-state index in [1.807, 2.05) is 0 Å². The summed E-state index contributed by atoms with van der Waals surface area (Å²) in [4.78, 5) is 0. The zero-order valence-electron chi connectivity index (χ0n) is 11.1. The molecule has 0 heterocycles. The molecule has 0 aliphatic heterocycles. The van der Waals surface area contributed by atoms with Crippen LogP contribution in [0.3, 0.4) is 0 Å². The van der Waals surface area contributed by atoms with Gasteiger partial charge in [0.15, 0.2) is 0 Å². The topological polar surface area (TPSA) is 0 Å². The molecule has 0 unspecified atom stereocenters. The van der Waals surface area contributed by atoms with E-state index < -0.39 is 0 Å². The van der Waals surface area contributed by atoms with Crippen molar-refractivity contribution in [2.75, 3.05) is 0 Å². The maximum absolute atomic E-state index is 3.68. The second-order valence-electron chi connectivity index (χ2n) is 7.16. The van der Waals surface area contributed by atoms with E-state index >= 15 is 0 Å². The third kappa shape index (κ3) is 1.62. The Kier molecular flexibility index (Phi) is 2.46. The first kappa shape index (κ1) is 11.5. The van der Waals surface area contributed by atoms with Gasteiger partial charge in [-0.05, 0) is 91.9 Å². The molecule has 4 bridgehead atoms. The summed E-state index contributed by atoms with van der Waals surface area (Å²) >= 11 is 3.68. The lowest BCUT2D eigenvalue weighted by molar-refractivity contribution is -0.00548. The molecule has 18 heavy (non-hydrogen) atoms. The van der Waals surface area contributed by atoms with Crippen molar-refractivity contribution in [1.82, 2.24) is 0 Å². The Labute approximate surface area is 118 Å². The van der Waals surface area contributed by atoms with Crippen molar-refractivity contribution in [3.8, 4) is 0 Å². The Morgan fingerprint density at radius 1 is 1.00 bits per heavy atom. The van der Waals surface area contributed by atoms with Crippen molar-refractivity contribution in [2.24, 2.45) is 17.8 Å². The summed E-state index contributed by atoms with van der Waals surface area (Å²) < 4.78 is 1.26. The summed E-state index contributed by atoms with van der Waals surface area (Å²) in [5.41, 5.74) is 3.72. The number of aryl methyl sites for hydroxylation is 1. The van der Waals surface area contributed by atoms with Crippen LogP contribution in [0.25, 0.3) is 0 Å². The van der Waals surface area contributed by atoms with Crippen LogP contribution < -0.4 is 0 Å². The largest absolute Gasteiger partial charge is 0.0579 e. The van der Waals surface area contributed by atoms with Crippen LogP contribution in [0.4, 0.5) is 0 Å². The smallest absolute Gasteiger partial charge is 0.0178 e. The normalized spacial score (nSPS) is 41.3. The van der Waals surface area contributed by atoms with E-state index in [1.165, 1.54) is 48.6 Å². The average molecular weight is 305 g/mol. The molecule has 1 heteroatoms. The number of rotatable bonds is 1. The van der Waals surface area contributed by atoms with Crippen LogP contribution in [0, 0.1) is 24.7 Å². The molecule has 5 rings (SSSR count). The Morgan fingerprint density at radius 3 is 2.11 bits per heavy atom. The lowest BCUT2D eigenvalue weighted by Gasteiger charge is -2.57. The van der Waals surface area contributed by atoms with Crippen LogP contribution in [-0.2, 0) is 5.41 Å². The van der Waals surface area contributed by atoms with Crippen molar-refractivity contribution >= 4 is 15.9 Å². The molecule has 0 atom stereocenters. The number of hydrogen-bond acceptors (Lipinski definition) is 0. The van der Waals surface area contributed by atoms with Crippen LogP contribution in [-0.4, -0.2) is 0 Å². The number of hydrogen-bond donors (Lipinski definition) is 0. The van der Waals surface area contributed by atoms with Crippen LogP contribution in [0.1, 0.15) is 49.7 Å². The minimum absolute atomic E-state index is 0.544. The Morgan fingerprint density at radius 2 is 1.56 bits per heavy atom. The van der Waals surface area contributed by atoms with Gasteiger partial charge >= 0.3 is 0 Å². The molecule has 1 aromatic carbocycles. The molecule has 0 spiro atoms. The summed E-state index contributed by atoms with van der Waals surface area (Å²) in [6.07, 6.45) is 9.01. The highest BCUT2D eigenvalue weighted by molar-refractivity contribution is 9.10. The first-order valence-electron chi connectivity index (χ1n) is 7.41. The molecule has 0 saturated heterocycles. The predicted octanol–water partition coefficient (Wildman–Crippen LogP) is 5.23. The molecular formula is C17H21Br. The molecule has 96 valence electrons. The fourth-order valence-corrected chi connectivity index (χ4v) is 5.97. The van der Waals surface area contributed by atoms with Gasteiger partial charge in [0.05, 0.1) is 0 Å². The van der Waals surface area contributed by atoms with Gasteiger partial charge in [-0.15, -0.1) is 0 Å². The van der Waals surface area contributed by atoms with Gasteiger partial charge < -0.3 is 0 Å². The van der Waals surface area contributed by atoms with Crippen LogP contribution >= 0.6 is 15.9 Å². The molecule has 1 aromatic rings. The Bertz CT molecular complexity index is 453. The molecule has 0 N–H and O–H groups in total. The SMILES string of the molecule is Cc1ccc(Br)cc1C12CC3CC(CC(C3)C1)C2. The Hall–Kier alpha value is -0.300. The highest BCUT2D eigenvalue weighted by Crippen LogP contribution is 2.61. The van der Waals surface area contributed by atoms with Gasteiger partial charge in [-0.1, -0.05) is 22.0 Å². The summed E-state index contributed by atoms with van der Waals surface area (Å²) in [6.45, 7) is 2.31. The van der Waals surface area contributed by atoms with Crippen molar-refractivity contribution < 1.29 is 0 Å². The van der Waals surface area contributed by atoms with Gasteiger partial charge in [-0.2, -0.15) is 0 Å². The van der Waals surface area contributed by atoms with Gasteiger partial charge in [0.2, 0.25) is 0 Å². The highest BCUT2D eigenvalue weighted by Gasteiger charge is 2.51. The highest BCUT2D eigenvalue weighted by atomic mass is 79.9. The van der Waals surface area contributed by atoms with Crippen molar-refractivity contribution in [3.05, 3.63) is 33.8 Å². The van der Waals surface area contributed by atoms with Gasteiger partial charge in [0, 0.05) is 4.47 Å². The summed E-state index contributed by atoms with van der Waals surface area (Å²) in [5.74, 6) is 3.11. The van der Waals surface area contributed by atoms with E-state index in [-0.39, 0.29) is 0 Å². The van der Waals surface area contributed by atoms with Crippen molar-refractivity contribution in [1.29, 1.82) is 0 Å². The lowest BCUT2D eigenvalue weighted by Crippen LogP contribution is -2.48. The molecule has 0 nitrogen and oxygen atoms in total. The molecule has 0 radical (unpaired) electrons. The van der Waals surface area contributed by atoms with E-state index in [0.717, 1.165) is 17.8 Å². The van der Waals surface area contributed by atoms with Crippen molar-refractivity contribution in [3.63, 3.8) is 0 Å². The first-order valence-corrected chi connectivity index (χ1v) is 8.20. The van der Waals surface area contributed by atoms with Gasteiger partial charge in [0.1, 0.15) is 0 Å². The van der Waals surface area contributed by atoms with Gasteiger partial charge in [-0.3, -0.25) is 0 Å². The molecule has 4 saturated carbocycles. The third-order valence-corrected chi connectivity index (χ3v) is 6.30. The first-order chi connectivity index (χ1) is 8.64. The molecule has 4 aliphatic carbocycles. The van der Waals surface area contributed by atoms with E-state index in [9.17, 15) is 0 Å². The Balaban J connectivity index is 1.81. The van der Waals surface area contributed by atoms with Crippen LogP contribution in [0.5, 0.6) is 0 Å². The molecule has 0 aromatic heterocycles. The van der Waals surface area contributed by atoms with Crippen LogP contribution in [0.2, 0.25) is 0 Å². The minimum atomic E-state index is 0.544. The van der Waals surface area contributed by atoms with Gasteiger partial charge in [0.25, 0.3) is 0 Å². The zero-order valence-corrected chi connectivity index (χ0v) is 12.7. The summed E-state index contributed by atoms with van der Waals surface area (Å²) in [7, 11) is 0. The van der Waals surface area contributed by atoms with E-state index in [0.29, 0.717) is 5.41 Å². The van der Waals surface area contributed by atoms with E-state index in [1.54, 1.807) is 5.56 Å². The zero-order chi connectivity index (χ0) is 12.3. The fraction of sp³-hybridized carbons (Fsp3) is 0.647. The third-order valence-electron chi connectivity index (χ3n) is 5.81. The molecule has 4 fully saturated rings. The molecule has 4 aliphatic rings. The lowest BCUT2D eigenvalue weighted by atomic mass is 9.47. The molecular weight excluding hydrogens is 284 g/mol. The van der Waals surface area contributed by atoms with Crippen LogP contribution in [0.15, 0.2) is 22.7 Å². The second kappa shape index (κ2) is 3.85. The quantitative estimate of drug-likeness (QED) is 0.667. The number of benzene rings is 1. The number of halogens is 1.